The van der Waals surface area contributed by atoms with Gasteiger partial charge in [0.05, 0.1) is 10.4 Å². The molecule has 1 heterocycles. The third kappa shape index (κ3) is 2.91. The Morgan fingerprint density at radius 1 is 1.47 bits per heavy atom. The topological polar surface area (TPSA) is 29.1 Å². The number of alkyl halides is 1. The van der Waals surface area contributed by atoms with E-state index in [-0.39, 0.29) is 11.4 Å². The van der Waals surface area contributed by atoms with Gasteiger partial charge in [-0.05, 0) is 36.8 Å². The van der Waals surface area contributed by atoms with Gasteiger partial charge in [0.2, 0.25) is 0 Å². The Bertz CT molecular complexity index is 396. The fraction of sp³-hybridized carbons (Fsp3) is 0.615. The molecule has 1 aromatic heterocycles. The molecule has 1 saturated carbocycles. The number of carbonyl (C=O) groups excluding carboxylic acids is 1. The van der Waals surface area contributed by atoms with E-state index >= 15 is 0 Å². The van der Waals surface area contributed by atoms with E-state index in [1.165, 1.54) is 30.6 Å². The Balaban J connectivity index is 2.08. The minimum Gasteiger partial charge on any atom is -0.345 e. The van der Waals surface area contributed by atoms with Gasteiger partial charge in [-0.3, -0.25) is 4.79 Å². The normalized spacial score (nSPS) is 18.9. The second-order valence-electron chi connectivity index (χ2n) is 4.86. The van der Waals surface area contributed by atoms with Gasteiger partial charge in [0, 0.05) is 5.33 Å². The van der Waals surface area contributed by atoms with Crippen LogP contribution in [0, 0.1) is 6.92 Å². The first-order chi connectivity index (χ1) is 8.17. The quantitative estimate of drug-likeness (QED) is 0.842. The predicted molar refractivity (Wildman–Crippen MR) is 76.1 cm³/mol. The summed E-state index contributed by atoms with van der Waals surface area (Å²) in [5, 5.41) is 6.09. The van der Waals surface area contributed by atoms with Gasteiger partial charge in [-0.25, -0.2) is 0 Å². The van der Waals surface area contributed by atoms with Crippen molar-refractivity contribution in [3.8, 4) is 0 Å². The summed E-state index contributed by atoms with van der Waals surface area (Å²) in [4.78, 5) is 13.1. The molecule has 0 aromatic carbocycles. The summed E-state index contributed by atoms with van der Waals surface area (Å²) >= 11 is 5.10. The van der Waals surface area contributed by atoms with Crippen LogP contribution in [-0.2, 0) is 0 Å². The van der Waals surface area contributed by atoms with E-state index in [0.29, 0.717) is 0 Å². The second kappa shape index (κ2) is 5.53. The fourth-order valence-electron chi connectivity index (χ4n) is 2.42. The lowest BCUT2D eigenvalue weighted by molar-refractivity contribution is 0.0890. The number of nitrogens with one attached hydrogen (secondary N) is 1. The van der Waals surface area contributed by atoms with Crippen molar-refractivity contribution < 1.29 is 4.79 Å². The van der Waals surface area contributed by atoms with E-state index in [0.717, 1.165) is 28.6 Å². The van der Waals surface area contributed by atoms with Gasteiger partial charge in [-0.15, -0.1) is 11.3 Å². The van der Waals surface area contributed by atoms with E-state index in [1.807, 2.05) is 18.4 Å². The first-order valence-corrected chi connectivity index (χ1v) is 8.10. The van der Waals surface area contributed by atoms with Crippen LogP contribution in [0.4, 0.5) is 0 Å². The van der Waals surface area contributed by atoms with Crippen molar-refractivity contribution in [3.05, 3.63) is 21.9 Å². The fourth-order valence-corrected chi connectivity index (χ4v) is 3.94. The Morgan fingerprint density at radius 3 is 2.71 bits per heavy atom. The summed E-state index contributed by atoms with van der Waals surface area (Å²) in [6.45, 7) is 1.99. The van der Waals surface area contributed by atoms with Crippen molar-refractivity contribution in [1.82, 2.24) is 5.32 Å². The van der Waals surface area contributed by atoms with Crippen LogP contribution in [0.15, 0.2) is 11.4 Å². The van der Waals surface area contributed by atoms with Crippen LogP contribution < -0.4 is 5.32 Å². The van der Waals surface area contributed by atoms with Crippen molar-refractivity contribution in [2.24, 2.45) is 0 Å². The van der Waals surface area contributed by atoms with Gasteiger partial charge >= 0.3 is 0 Å². The van der Waals surface area contributed by atoms with Crippen LogP contribution >= 0.6 is 27.3 Å². The average Bonchev–Trinajstić information content (AvgIpc) is 2.77. The Hall–Kier alpha value is -0.350. The molecule has 0 bridgehead atoms. The minimum absolute atomic E-state index is 0.0221. The molecule has 17 heavy (non-hydrogen) atoms. The summed E-state index contributed by atoms with van der Waals surface area (Å²) in [7, 11) is 0. The molecule has 1 amide bonds. The zero-order chi connectivity index (χ0) is 12.3. The molecule has 0 spiro atoms. The van der Waals surface area contributed by atoms with Crippen LogP contribution in [0.2, 0.25) is 0 Å². The van der Waals surface area contributed by atoms with Crippen LogP contribution in [0.3, 0.4) is 0 Å². The van der Waals surface area contributed by atoms with E-state index < -0.39 is 0 Å². The lowest BCUT2D eigenvalue weighted by Crippen LogP contribution is -2.51. The molecule has 1 fully saturated rings. The summed E-state index contributed by atoms with van der Waals surface area (Å²) in [6, 6.07) is 2.00. The molecule has 0 radical (unpaired) electrons. The molecule has 4 heteroatoms. The summed E-state index contributed by atoms with van der Waals surface area (Å²) in [6.07, 6.45) is 5.91. The maximum absolute atomic E-state index is 12.2. The third-order valence-electron chi connectivity index (χ3n) is 3.51. The molecule has 2 rings (SSSR count). The molecule has 1 aliphatic carbocycles. The van der Waals surface area contributed by atoms with Crippen LogP contribution in [-0.4, -0.2) is 16.8 Å². The largest absolute Gasteiger partial charge is 0.345 e. The van der Waals surface area contributed by atoms with E-state index in [4.69, 9.17) is 0 Å². The second-order valence-corrected chi connectivity index (χ2v) is 6.34. The van der Waals surface area contributed by atoms with Crippen molar-refractivity contribution >= 4 is 33.2 Å². The molecular formula is C13H18BrNOS. The highest BCUT2D eigenvalue weighted by Gasteiger charge is 2.33. The van der Waals surface area contributed by atoms with E-state index in [2.05, 4.69) is 21.2 Å². The number of thiophene rings is 1. The molecular weight excluding hydrogens is 298 g/mol. The third-order valence-corrected chi connectivity index (χ3v) is 5.60. The molecule has 2 nitrogen and oxygen atoms in total. The number of halogens is 1. The van der Waals surface area contributed by atoms with Gasteiger partial charge in [0.1, 0.15) is 0 Å². The van der Waals surface area contributed by atoms with E-state index in [1.54, 1.807) is 0 Å². The number of hydrogen-bond donors (Lipinski definition) is 1. The molecule has 0 aliphatic heterocycles. The van der Waals surface area contributed by atoms with Gasteiger partial charge in [0.15, 0.2) is 0 Å². The van der Waals surface area contributed by atoms with Crippen molar-refractivity contribution in [2.75, 3.05) is 5.33 Å². The van der Waals surface area contributed by atoms with Gasteiger partial charge in [-0.2, -0.15) is 0 Å². The van der Waals surface area contributed by atoms with Crippen molar-refractivity contribution in [2.45, 2.75) is 44.6 Å². The summed E-state index contributed by atoms with van der Waals surface area (Å²) in [5.41, 5.74) is 1.05. The summed E-state index contributed by atoms with van der Waals surface area (Å²) in [5.74, 6) is 0.0962. The molecule has 94 valence electrons. The highest BCUT2D eigenvalue weighted by molar-refractivity contribution is 9.09. The summed E-state index contributed by atoms with van der Waals surface area (Å²) < 4.78 is 0. The zero-order valence-electron chi connectivity index (χ0n) is 10.1. The number of amides is 1. The molecule has 0 saturated heterocycles. The van der Waals surface area contributed by atoms with Crippen LogP contribution in [0.25, 0.3) is 0 Å². The predicted octanol–water partition coefficient (Wildman–Crippen LogP) is 3.88. The smallest absolute Gasteiger partial charge is 0.262 e. The SMILES string of the molecule is Cc1ccsc1C(=O)NC1(CBr)CCCCC1. The zero-order valence-corrected chi connectivity index (χ0v) is 12.5. The molecule has 1 aromatic rings. The van der Waals surface area contributed by atoms with Crippen molar-refractivity contribution in [1.29, 1.82) is 0 Å². The lowest BCUT2D eigenvalue weighted by Gasteiger charge is -2.36. The standard InChI is InChI=1S/C13H18BrNOS/c1-10-5-8-17-11(10)12(16)15-13(9-14)6-3-2-4-7-13/h5,8H,2-4,6-7,9H2,1H3,(H,15,16). The molecule has 1 N–H and O–H groups in total. The Kier molecular flexibility index (Phi) is 4.26. The van der Waals surface area contributed by atoms with Gasteiger partial charge in [-0.1, -0.05) is 35.2 Å². The highest BCUT2D eigenvalue weighted by atomic mass is 79.9. The number of aryl methyl sites for hydroxylation is 1. The van der Waals surface area contributed by atoms with Crippen molar-refractivity contribution in [3.63, 3.8) is 0 Å². The Morgan fingerprint density at radius 2 is 2.18 bits per heavy atom. The maximum atomic E-state index is 12.2. The minimum atomic E-state index is -0.0221. The van der Waals surface area contributed by atoms with Crippen LogP contribution in [0.1, 0.15) is 47.3 Å². The Labute approximate surface area is 115 Å². The highest BCUT2D eigenvalue weighted by Crippen LogP contribution is 2.30. The number of carbonyl (C=O) groups is 1. The van der Waals surface area contributed by atoms with Gasteiger partial charge in [0.25, 0.3) is 5.91 Å². The monoisotopic (exact) mass is 315 g/mol. The van der Waals surface area contributed by atoms with Gasteiger partial charge < -0.3 is 5.32 Å². The number of rotatable bonds is 3. The number of hydrogen-bond acceptors (Lipinski definition) is 2. The molecule has 1 aliphatic rings. The molecule has 0 atom stereocenters. The maximum Gasteiger partial charge on any atom is 0.262 e. The van der Waals surface area contributed by atoms with E-state index in [9.17, 15) is 4.79 Å². The molecule has 0 unspecified atom stereocenters. The van der Waals surface area contributed by atoms with Crippen LogP contribution in [0.5, 0.6) is 0 Å². The average molecular weight is 316 g/mol. The first-order valence-electron chi connectivity index (χ1n) is 6.09. The first kappa shape index (κ1) is 13.1. The lowest BCUT2D eigenvalue weighted by atomic mass is 9.83.